The molecule has 0 spiro atoms. The number of carbonyl (C=O) groups is 2. The molecule has 2 aliphatic carbocycles. The van der Waals surface area contributed by atoms with Crippen molar-refractivity contribution in [1.82, 2.24) is 10.2 Å². The largest absolute Gasteiger partial charge is 0.352 e. The van der Waals surface area contributed by atoms with Crippen LogP contribution in [0.5, 0.6) is 0 Å². The molecule has 3 aliphatic rings. The van der Waals surface area contributed by atoms with Gasteiger partial charge >= 0.3 is 0 Å². The third kappa shape index (κ3) is 2.49. The van der Waals surface area contributed by atoms with Gasteiger partial charge in [-0.3, -0.25) is 9.59 Å². The van der Waals surface area contributed by atoms with E-state index in [1.54, 1.807) is 0 Å². The molecular formula is C15H24N2O2. The summed E-state index contributed by atoms with van der Waals surface area (Å²) in [5.74, 6) is 0.109. The van der Waals surface area contributed by atoms with Gasteiger partial charge < -0.3 is 10.2 Å². The van der Waals surface area contributed by atoms with Crippen molar-refractivity contribution in [2.75, 3.05) is 13.1 Å². The van der Waals surface area contributed by atoms with Crippen LogP contribution in [0.3, 0.4) is 0 Å². The predicted octanol–water partition coefficient (Wildman–Crippen LogP) is 1.84. The Hall–Kier alpha value is -1.06. The first-order valence-corrected chi connectivity index (χ1v) is 7.83. The van der Waals surface area contributed by atoms with Crippen LogP contribution in [0.1, 0.15) is 57.8 Å². The summed E-state index contributed by atoms with van der Waals surface area (Å²) in [7, 11) is 0. The van der Waals surface area contributed by atoms with E-state index >= 15 is 0 Å². The van der Waals surface area contributed by atoms with Crippen molar-refractivity contribution in [2.24, 2.45) is 5.41 Å². The number of hydrogen-bond acceptors (Lipinski definition) is 2. The molecular weight excluding hydrogens is 240 g/mol. The van der Waals surface area contributed by atoms with E-state index in [-0.39, 0.29) is 11.8 Å². The summed E-state index contributed by atoms with van der Waals surface area (Å²) >= 11 is 0. The number of piperidine rings is 1. The Morgan fingerprint density at radius 2 is 1.58 bits per heavy atom. The number of amides is 2. The van der Waals surface area contributed by atoms with Crippen molar-refractivity contribution in [3.05, 3.63) is 0 Å². The van der Waals surface area contributed by atoms with Gasteiger partial charge in [-0.2, -0.15) is 0 Å². The molecule has 1 N–H and O–H groups in total. The Kier molecular flexibility index (Phi) is 3.50. The maximum absolute atomic E-state index is 12.6. The van der Waals surface area contributed by atoms with Crippen LogP contribution in [-0.4, -0.2) is 35.8 Å². The van der Waals surface area contributed by atoms with Gasteiger partial charge in [-0.1, -0.05) is 12.8 Å². The predicted molar refractivity (Wildman–Crippen MR) is 72.5 cm³/mol. The highest BCUT2D eigenvalue weighted by atomic mass is 16.2. The van der Waals surface area contributed by atoms with Crippen molar-refractivity contribution in [1.29, 1.82) is 0 Å². The Labute approximate surface area is 114 Å². The molecule has 1 saturated heterocycles. The molecule has 3 fully saturated rings. The first-order valence-electron chi connectivity index (χ1n) is 7.83. The maximum Gasteiger partial charge on any atom is 0.238 e. The summed E-state index contributed by atoms with van der Waals surface area (Å²) in [5.41, 5.74) is -0.681. The van der Waals surface area contributed by atoms with Gasteiger partial charge in [0.1, 0.15) is 5.41 Å². The van der Waals surface area contributed by atoms with E-state index in [0.29, 0.717) is 6.04 Å². The molecule has 0 radical (unpaired) electrons. The third-order valence-electron chi connectivity index (χ3n) is 4.93. The number of hydrogen-bond donors (Lipinski definition) is 1. The van der Waals surface area contributed by atoms with Gasteiger partial charge in [-0.05, 0) is 44.9 Å². The van der Waals surface area contributed by atoms with Gasteiger partial charge in [0.25, 0.3) is 0 Å². The fourth-order valence-corrected chi connectivity index (χ4v) is 3.46. The molecule has 2 amide bonds. The van der Waals surface area contributed by atoms with Gasteiger partial charge in [0.2, 0.25) is 11.8 Å². The van der Waals surface area contributed by atoms with E-state index in [2.05, 4.69) is 5.32 Å². The van der Waals surface area contributed by atoms with Crippen molar-refractivity contribution in [3.8, 4) is 0 Å². The van der Waals surface area contributed by atoms with Crippen LogP contribution in [0.2, 0.25) is 0 Å². The summed E-state index contributed by atoms with van der Waals surface area (Å²) in [6.07, 6.45) is 9.47. The van der Waals surface area contributed by atoms with Crippen LogP contribution in [0.4, 0.5) is 0 Å². The summed E-state index contributed by atoms with van der Waals surface area (Å²) in [5, 5.41) is 3.12. The minimum atomic E-state index is -0.681. The van der Waals surface area contributed by atoms with Crippen LogP contribution < -0.4 is 5.32 Å². The lowest BCUT2D eigenvalue weighted by atomic mass is 10.0. The molecule has 2 saturated carbocycles. The van der Waals surface area contributed by atoms with Crippen LogP contribution in [-0.2, 0) is 9.59 Å². The number of nitrogens with one attached hydrogen (secondary N) is 1. The highest BCUT2D eigenvalue weighted by Gasteiger charge is 2.58. The zero-order chi connectivity index (χ0) is 13.3. The monoisotopic (exact) mass is 264 g/mol. The highest BCUT2D eigenvalue weighted by molar-refractivity contribution is 6.08. The fourth-order valence-electron chi connectivity index (χ4n) is 3.46. The molecule has 0 aromatic carbocycles. The summed E-state index contributed by atoms with van der Waals surface area (Å²) in [4.78, 5) is 26.9. The average Bonchev–Trinajstić information content (AvgIpc) is 3.11. The second-order valence-electron chi connectivity index (χ2n) is 6.39. The lowest BCUT2D eigenvalue weighted by Gasteiger charge is -2.30. The van der Waals surface area contributed by atoms with E-state index in [1.807, 2.05) is 4.90 Å². The molecule has 19 heavy (non-hydrogen) atoms. The average molecular weight is 264 g/mol. The smallest absolute Gasteiger partial charge is 0.238 e. The third-order valence-corrected chi connectivity index (χ3v) is 4.93. The quantitative estimate of drug-likeness (QED) is 0.791. The lowest BCUT2D eigenvalue weighted by Crippen LogP contribution is -2.48. The van der Waals surface area contributed by atoms with E-state index in [0.717, 1.165) is 51.6 Å². The van der Waals surface area contributed by atoms with Crippen molar-refractivity contribution < 1.29 is 9.59 Å². The van der Waals surface area contributed by atoms with Crippen LogP contribution in [0.15, 0.2) is 0 Å². The van der Waals surface area contributed by atoms with E-state index < -0.39 is 5.41 Å². The van der Waals surface area contributed by atoms with Gasteiger partial charge in [-0.15, -0.1) is 0 Å². The normalized spacial score (nSPS) is 26.2. The fraction of sp³-hybridized carbons (Fsp3) is 0.867. The second kappa shape index (κ2) is 5.14. The molecule has 0 bridgehead atoms. The Balaban J connectivity index is 1.61. The lowest BCUT2D eigenvalue weighted by molar-refractivity contribution is -0.145. The topological polar surface area (TPSA) is 49.4 Å². The van der Waals surface area contributed by atoms with E-state index in [9.17, 15) is 9.59 Å². The Bertz CT molecular complexity index is 364. The van der Waals surface area contributed by atoms with Gasteiger partial charge in [0.05, 0.1) is 0 Å². The van der Waals surface area contributed by atoms with Gasteiger partial charge in [0, 0.05) is 19.1 Å². The standard InChI is InChI=1S/C15H24N2O2/c18-13(16-12-6-2-3-7-12)15(8-9-15)14(19)17-10-4-1-5-11-17/h12H,1-11H2,(H,16,18). The second-order valence-corrected chi connectivity index (χ2v) is 6.39. The zero-order valence-corrected chi connectivity index (χ0v) is 11.6. The molecule has 1 aliphatic heterocycles. The summed E-state index contributed by atoms with van der Waals surface area (Å²) in [6, 6.07) is 0.319. The Morgan fingerprint density at radius 3 is 2.16 bits per heavy atom. The molecule has 0 unspecified atom stereocenters. The van der Waals surface area contributed by atoms with Gasteiger partial charge in [0.15, 0.2) is 0 Å². The SMILES string of the molecule is O=C(NC1CCCC1)C1(C(=O)N2CCCCC2)CC1. The molecule has 1 heterocycles. The van der Waals surface area contributed by atoms with E-state index in [4.69, 9.17) is 0 Å². The number of carbonyl (C=O) groups excluding carboxylic acids is 2. The van der Waals surface area contributed by atoms with Gasteiger partial charge in [-0.25, -0.2) is 0 Å². The van der Waals surface area contributed by atoms with E-state index in [1.165, 1.54) is 19.3 Å². The molecule has 4 nitrogen and oxygen atoms in total. The Morgan fingerprint density at radius 1 is 0.947 bits per heavy atom. The first-order chi connectivity index (χ1) is 9.22. The number of rotatable bonds is 3. The molecule has 0 atom stereocenters. The number of likely N-dealkylation sites (tertiary alicyclic amines) is 1. The van der Waals surface area contributed by atoms with Crippen molar-refractivity contribution >= 4 is 11.8 Å². The van der Waals surface area contributed by atoms with Crippen molar-refractivity contribution in [2.45, 2.75) is 63.8 Å². The molecule has 0 aromatic heterocycles. The minimum Gasteiger partial charge on any atom is -0.352 e. The summed E-state index contributed by atoms with van der Waals surface area (Å²) in [6.45, 7) is 1.69. The molecule has 3 rings (SSSR count). The summed E-state index contributed by atoms with van der Waals surface area (Å²) < 4.78 is 0. The molecule has 0 aromatic rings. The maximum atomic E-state index is 12.6. The van der Waals surface area contributed by atoms with Crippen LogP contribution in [0, 0.1) is 5.41 Å². The van der Waals surface area contributed by atoms with Crippen LogP contribution in [0.25, 0.3) is 0 Å². The first kappa shape index (κ1) is 12.9. The number of nitrogens with zero attached hydrogens (tertiary/aromatic N) is 1. The highest BCUT2D eigenvalue weighted by Crippen LogP contribution is 2.48. The zero-order valence-electron chi connectivity index (χ0n) is 11.6. The van der Waals surface area contributed by atoms with Crippen LogP contribution >= 0.6 is 0 Å². The van der Waals surface area contributed by atoms with Crippen molar-refractivity contribution in [3.63, 3.8) is 0 Å². The minimum absolute atomic E-state index is 0.00923. The molecule has 106 valence electrons. The molecule has 4 heteroatoms.